The zero-order chi connectivity index (χ0) is 23.2. The summed E-state index contributed by atoms with van der Waals surface area (Å²) >= 11 is 0. The molecule has 0 fully saturated rings. The highest BCUT2D eigenvalue weighted by Gasteiger charge is 2.29. The maximum atomic E-state index is 13.4. The Balaban J connectivity index is 2.41. The van der Waals surface area contributed by atoms with E-state index in [9.17, 15) is 13.2 Å². The molecule has 0 radical (unpaired) electrons. The van der Waals surface area contributed by atoms with Gasteiger partial charge in [0.25, 0.3) is 0 Å². The van der Waals surface area contributed by atoms with Crippen LogP contribution in [0.1, 0.15) is 27.2 Å². The van der Waals surface area contributed by atoms with Gasteiger partial charge in [0.1, 0.15) is 12.1 Å². The first-order chi connectivity index (χ1) is 14.5. The lowest BCUT2D eigenvalue weighted by atomic mass is 10.1. The molecule has 0 N–H and O–H groups in total. The molecular weight excluding hydrogens is 422 g/mol. The molecule has 0 aromatic heterocycles. The summed E-state index contributed by atoms with van der Waals surface area (Å²) in [5, 5.41) is 1.47. The SMILES string of the molecule is COCCCN(CC(=O)OC(C)(C)C)S(=O)(=O)c1ccc2cc(OC)c(OC)cc2c1. The molecule has 0 saturated heterocycles. The van der Waals surface area contributed by atoms with Gasteiger partial charge in [0.05, 0.1) is 19.1 Å². The number of methoxy groups -OCH3 is 3. The summed E-state index contributed by atoms with van der Waals surface area (Å²) in [7, 11) is 0.641. The van der Waals surface area contributed by atoms with Crippen molar-refractivity contribution in [3.63, 3.8) is 0 Å². The van der Waals surface area contributed by atoms with E-state index in [1.54, 1.807) is 45.0 Å². The first kappa shape index (κ1) is 24.9. The van der Waals surface area contributed by atoms with E-state index in [1.165, 1.54) is 27.4 Å². The number of carbonyl (C=O) groups excluding carboxylic acids is 1. The molecule has 172 valence electrons. The number of rotatable bonds is 10. The van der Waals surface area contributed by atoms with Crippen molar-refractivity contribution in [1.29, 1.82) is 0 Å². The van der Waals surface area contributed by atoms with Gasteiger partial charge < -0.3 is 18.9 Å². The number of carbonyl (C=O) groups is 1. The van der Waals surface area contributed by atoms with Gasteiger partial charge in [-0.15, -0.1) is 0 Å². The number of nitrogens with zero attached hydrogens (tertiary/aromatic N) is 1. The molecule has 8 nitrogen and oxygen atoms in total. The first-order valence-electron chi connectivity index (χ1n) is 9.88. The molecule has 0 amide bonds. The van der Waals surface area contributed by atoms with Crippen LogP contribution in [0.25, 0.3) is 10.8 Å². The molecule has 0 heterocycles. The lowest BCUT2D eigenvalue weighted by molar-refractivity contribution is -0.155. The van der Waals surface area contributed by atoms with Gasteiger partial charge >= 0.3 is 5.97 Å². The highest BCUT2D eigenvalue weighted by atomic mass is 32.2. The largest absolute Gasteiger partial charge is 0.493 e. The molecule has 31 heavy (non-hydrogen) atoms. The van der Waals surface area contributed by atoms with Crippen molar-refractivity contribution in [3.05, 3.63) is 30.3 Å². The molecule has 2 aromatic rings. The van der Waals surface area contributed by atoms with Crippen LogP contribution in [0, 0.1) is 0 Å². The fourth-order valence-corrected chi connectivity index (χ4v) is 4.51. The molecule has 0 aliphatic heterocycles. The summed E-state index contributed by atoms with van der Waals surface area (Å²) in [6, 6.07) is 8.27. The van der Waals surface area contributed by atoms with E-state index < -0.39 is 21.6 Å². The van der Waals surface area contributed by atoms with E-state index in [2.05, 4.69) is 0 Å². The molecule has 0 atom stereocenters. The van der Waals surface area contributed by atoms with Gasteiger partial charge in [-0.1, -0.05) is 6.07 Å². The Bertz CT molecular complexity index is 1010. The van der Waals surface area contributed by atoms with Crippen molar-refractivity contribution < 1.29 is 32.2 Å². The highest BCUT2D eigenvalue weighted by molar-refractivity contribution is 7.89. The van der Waals surface area contributed by atoms with Gasteiger partial charge in [-0.25, -0.2) is 8.42 Å². The normalized spacial score (nSPS) is 12.2. The minimum Gasteiger partial charge on any atom is -0.493 e. The third-order valence-corrected chi connectivity index (χ3v) is 6.27. The van der Waals surface area contributed by atoms with E-state index in [0.717, 1.165) is 9.69 Å². The monoisotopic (exact) mass is 453 g/mol. The highest BCUT2D eigenvalue weighted by Crippen LogP contribution is 2.33. The summed E-state index contributed by atoms with van der Waals surface area (Å²) < 4.78 is 48.9. The summed E-state index contributed by atoms with van der Waals surface area (Å²) in [5.74, 6) is 0.438. The van der Waals surface area contributed by atoms with Crippen molar-refractivity contribution in [3.8, 4) is 11.5 Å². The molecule has 0 aliphatic rings. The van der Waals surface area contributed by atoms with Crippen LogP contribution in [-0.2, 0) is 24.3 Å². The van der Waals surface area contributed by atoms with Gasteiger partial charge in [0.15, 0.2) is 11.5 Å². The molecule has 9 heteroatoms. The molecule has 2 aromatic carbocycles. The van der Waals surface area contributed by atoms with Gasteiger partial charge in [-0.3, -0.25) is 4.79 Å². The first-order valence-corrected chi connectivity index (χ1v) is 11.3. The van der Waals surface area contributed by atoms with Crippen LogP contribution in [0.3, 0.4) is 0 Å². The second-order valence-corrected chi connectivity index (χ2v) is 9.93. The van der Waals surface area contributed by atoms with Gasteiger partial charge in [0, 0.05) is 20.3 Å². The zero-order valence-electron chi connectivity index (χ0n) is 18.9. The molecule has 0 spiro atoms. The maximum absolute atomic E-state index is 13.4. The zero-order valence-corrected chi connectivity index (χ0v) is 19.7. The van der Waals surface area contributed by atoms with E-state index in [0.29, 0.717) is 29.9 Å². The minimum atomic E-state index is -3.95. The second kappa shape index (κ2) is 10.3. The van der Waals surface area contributed by atoms with Crippen LogP contribution in [0.15, 0.2) is 35.2 Å². The number of hydrogen-bond donors (Lipinski definition) is 0. The van der Waals surface area contributed by atoms with Crippen molar-refractivity contribution in [2.45, 2.75) is 37.7 Å². The summed E-state index contributed by atoms with van der Waals surface area (Å²) in [5.41, 5.74) is -0.711. The Morgan fingerprint density at radius 2 is 1.58 bits per heavy atom. The Morgan fingerprint density at radius 1 is 0.968 bits per heavy atom. The number of hydrogen-bond acceptors (Lipinski definition) is 7. The predicted octanol–water partition coefficient (Wildman–Crippen LogP) is 3.23. The van der Waals surface area contributed by atoms with Crippen LogP contribution in [-0.4, -0.2) is 65.3 Å². The number of fused-ring (bicyclic) bond motifs is 1. The van der Waals surface area contributed by atoms with Gasteiger partial charge in [-0.05, 0) is 62.2 Å². The Labute approximate surface area is 184 Å². The fourth-order valence-electron chi connectivity index (χ4n) is 3.05. The lowest BCUT2D eigenvalue weighted by Gasteiger charge is -2.25. The molecule has 2 rings (SSSR count). The average Bonchev–Trinajstić information content (AvgIpc) is 2.70. The van der Waals surface area contributed by atoms with Crippen LogP contribution in [0.4, 0.5) is 0 Å². The molecular formula is C22H31NO7S. The van der Waals surface area contributed by atoms with E-state index in [4.69, 9.17) is 18.9 Å². The molecule has 0 bridgehead atoms. The number of esters is 1. The van der Waals surface area contributed by atoms with E-state index >= 15 is 0 Å². The quantitative estimate of drug-likeness (QED) is 0.403. The van der Waals surface area contributed by atoms with Crippen molar-refractivity contribution >= 4 is 26.8 Å². The molecule has 0 saturated carbocycles. The van der Waals surface area contributed by atoms with Gasteiger partial charge in [0.2, 0.25) is 10.0 Å². The van der Waals surface area contributed by atoms with Crippen LogP contribution in [0.2, 0.25) is 0 Å². The van der Waals surface area contributed by atoms with Crippen molar-refractivity contribution in [2.75, 3.05) is 41.0 Å². The smallest absolute Gasteiger partial charge is 0.321 e. The number of sulfonamides is 1. The van der Waals surface area contributed by atoms with Crippen molar-refractivity contribution in [1.82, 2.24) is 4.31 Å². The third kappa shape index (κ3) is 6.56. The third-order valence-electron chi connectivity index (χ3n) is 4.43. The van der Waals surface area contributed by atoms with E-state index in [1.807, 2.05) is 0 Å². The lowest BCUT2D eigenvalue weighted by Crippen LogP contribution is -2.39. The predicted molar refractivity (Wildman–Crippen MR) is 118 cm³/mol. The summed E-state index contributed by atoms with van der Waals surface area (Å²) in [6.45, 7) is 5.32. The Morgan fingerprint density at radius 3 is 2.13 bits per heavy atom. The summed E-state index contributed by atoms with van der Waals surface area (Å²) in [4.78, 5) is 12.4. The topological polar surface area (TPSA) is 91.4 Å². The Kier molecular flexibility index (Phi) is 8.27. The standard InChI is InChI=1S/C22H31NO7S/c1-22(2,3)30-21(24)15-23(10-7-11-27-4)31(25,26)18-9-8-16-13-19(28-5)20(29-6)14-17(16)12-18/h8-9,12-14H,7,10-11,15H2,1-6H3. The maximum Gasteiger partial charge on any atom is 0.321 e. The Hall–Kier alpha value is -2.36. The van der Waals surface area contributed by atoms with Crippen LogP contribution in [0.5, 0.6) is 11.5 Å². The summed E-state index contributed by atoms with van der Waals surface area (Å²) in [6.07, 6.45) is 0.442. The second-order valence-electron chi connectivity index (χ2n) is 7.99. The van der Waals surface area contributed by atoms with Crippen LogP contribution >= 0.6 is 0 Å². The minimum absolute atomic E-state index is 0.0770. The number of ether oxygens (including phenoxy) is 4. The molecule has 0 aliphatic carbocycles. The van der Waals surface area contributed by atoms with E-state index in [-0.39, 0.29) is 18.0 Å². The van der Waals surface area contributed by atoms with Gasteiger partial charge in [-0.2, -0.15) is 4.31 Å². The fraction of sp³-hybridized carbons (Fsp3) is 0.500. The average molecular weight is 454 g/mol. The molecule has 0 unspecified atom stereocenters. The number of benzene rings is 2. The van der Waals surface area contributed by atoms with Crippen LogP contribution < -0.4 is 9.47 Å². The van der Waals surface area contributed by atoms with Crippen molar-refractivity contribution in [2.24, 2.45) is 0 Å².